The van der Waals surface area contributed by atoms with Crippen molar-refractivity contribution in [2.24, 2.45) is 0 Å². The van der Waals surface area contributed by atoms with E-state index in [-0.39, 0.29) is 0 Å². The quantitative estimate of drug-likeness (QED) is 0.654. The maximum Gasteiger partial charge on any atom is 0.207 e. The first-order chi connectivity index (χ1) is 8.50. The molecule has 18 heavy (non-hydrogen) atoms. The molecule has 0 radical (unpaired) electrons. The molecule has 1 rings (SSSR count). The molecule has 0 saturated carbocycles. The number of benzene rings is 1. The van der Waals surface area contributed by atoms with Crippen LogP contribution in [0.25, 0.3) is 5.57 Å². The molecular formula is C16H24O2. The van der Waals surface area contributed by atoms with Crippen LogP contribution in [-0.4, -0.2) is 12.4 Å². The minimum absolute atomic E-state index is 0.541. The van der Waals surface area contributed by atoms with Gasteiger partial charge in [-0.1, -0.05) is 38.1 Å². The van der Waals surface area contributed by atoms with Gasteiger partial charge in [0.15, 0.2) is 0 Å². The average Bonchev–Trinajstić information content (AvgIpc) is 2.37. The Morgan fingerprint density at radius 3 is 2.28 bits per heavy atom. The van der Waals surface area contributed by atoms with E-state index < -0.39 is 5.79 Å². The Labute approximate surface area is 111 Å². The summed E-state index contributed by atoms with van der Waals surface area (Å²) in [6, 6.07) is 7.97. The van der Waals surface area contributed by atoms with Crippen LogP contribution in [0.3, 0.4) is 0 Å². The molecule has 1 atom stereocenters. The van der Waals surface area contributed by atoms with Crippen LogP contribution < -0.4 is 4.74 Å². The Kier molecular flexibility index (Phi) is 5.42. The summed E-state index contributed by atoms with van der Waals surface area (Å²) in [5, 5.41) is 0. The minimum Gasteiger partial charge on any atom is -0.463 e. The van der Waals surface area contributed by atoms with Crippen LogP contribution in [0.1, 0.15) is 46.1 Å². The summed E-state index contributed by atoms with van der Waals surface area (Å²) >= 11 is 0. The SMILES string of the molecule is C=C(C)c1ccc(OC(C)(CC)OCCC)cc1. The summed E-state index contributed by atoms with van der Waals surface area (Å²) in [6.45, 7) is 12.8. The van der Waals surface area contributed by atoms with Crippen LogP contribution in [0.4, 0.5) is 0 Å². The van der Waals surface area contributed by atoms with Crippen molar-refractivity contribution in [3.8, 4) is 5.75 Å². The van der Waals surface area contributed by atoms with Gasteiger partial charge in [0.05, 0.1) is 6.61 Å². The predicted octanol–water partition coefficient (Wildman–Crippen LogP) is 4.65. The first-order valence-corrected chi connectivity index (χ1v) is 6.59. The Bertz CT molecular complexity index is 381. The van der Waals surface area contributed by atoms with E-state index in [2.05, 4.69) is 20.4 Å². The van der Waals surface area contributed by atoms with E-state index >= 15 is 0 Å². The molecule has 0 aliphatic heterocycles. The van der Waals surface area contributed by atoms with E-state index in [4.69, 9.17) is 9.47 Å². The first kappa shape index (κ1) is 14.8. The van der Waals surface area contributed by atoms with Crippen LogP contribution in [0.2, 0.25) is 0 Å². The Balaban J connectivity index is 2.72. The van der Waals surface area contributed by atoms with Gasteiger partial charge in [0.25, 0.3) is 0 Å². The van der Waals surface area contributed by atoms with Gasteiger partial charge in [0.2, 0.25) is 5.79 Å². The third-order valence-electron chi connectivity index (χ3n) is 2.93. The molecule has 0 aliphatic rings. The molecule has 2 heteroatoms. The smallest absolute Gasteiger partial charge is 0.207 e. The number of ether oxygens (including phenoxy) is 2. The highest BCUT2D eigenvalue weighted by Crippen LogP contribution is 2.24. The average molecular weight is 248 g/mol. The van der Waals surface area contributed by atoms with Gasteiger partial charge in [0, 0.05) is 13.3 Å². The van der Waals surface area contributed by atoms with E-state index in [1.807, 2.05) is 38.1 Å². The summed E-state index contributed by atoms with van der Waals surface area (Å²) in [5.74, 6) is 0.293. The lowest BCUT2D eigenvalue weighted by Gasteiger charge is -2.29. The van der Waals surface area contributed by atoms with E-state index in [0.717, 1.165) is 29.7 Å². The van der Waals surface area contributed by atoms with Crippen molar-refractivity contribution in [1.29, 1.82) is 0 Å². The lowest BCUT2D eigenvalue weighted by atomic mass is 10.1. The number of allylic oxidation sites excluding steroid dienone is 1. The number of rotatable bonds is 7. The van der Waals surface area contributed by atoms with Gasteiger partial charge in [-0.25, -0.2) is 0 Å². The fourth-order valence-electron chi connectivity index (χ4n) is 1.58. The van der Waals surface area contributed by atoms with Crippen LogP contribution in [0.15, 0.2) is 30.8 Å². The largest absolute Gasteiger partial charge is 0.463 e. The molecule has 1 aromatic carbocycles. The molecule has 0 bridgehead atoms. The molecule has 0 N–H and O–H groups in total. The summed E-state index contributed by atoms with van der Waals surface area (Å²) in [7, 11) is 0. The second-order valence-corrected chi connectivity index (χ2v) is 4.74. The molecule has 0 amide bonds. The molecule has 0 fully saturated rings. The first-order valence-electron chi connectivity index (χ1n) is 6.59. The normalized spacial score (nSPS) is 14.0. The second kappa shape index (κ2) is 6.60. The molecular weight excluding hydrogens is 224 g/mol. The van der Waals surface area contributed by atoms with Gasteiger partial charge in [0.1, 0.15) is 5.75 Å². The van der Waals surface area contributed by atoms with Gasteiger partial charge in [-0.05, 0) is 31.0 Å². The number of hydrogen-bond donors (Lipinski definition) is 0. The minimum atomic E-state index is -0.541. The summed E-state index contributed by atoms with van der Waals surface area (Å²) in [6.07, 6.45) is 1.81. The highest BCUT2D eigenvalue weighted by Gasteiger charge is 2.24. The second-order valence-electron chi connectivity index (χ2n) is 4.74. The van der Waals surface area contributed by atoms with Crippen molar-refractivity contribution in [3.05, 3.63) is 36.4 Å². The van der Waals surface area contributed by atoms with Gasteiger partial charge in [-0.2, -0.15) is 0 Å². The van der Waals surface area contributed by atoms with E-state index in [1.165, 1.54) is 0 Å². The fraction of sp³-hybridized carbons (Fsp3) is 0.500. The topological polar surface area (TPSA) is 18.5 Å². The Hall–Kier alpha value is -1.28. The summed E-state index contributed by atoms with van der Waals surface area (Å²) in [5.41, 5.74) is 2.19. The highest BCUT2D eigenvalue weighted by atomic mass is 16.7. The van der Waals surface area contributed by atoms with Crippen molar-refractivity contribution in [3.63, 3.8) is 0 Å². The molecule has 1 aromatic rings. The molecule has 1 unspecified atom stereocenters. The van der Waals surface area contributed by atoms with E-state index in [0.29, 0.717) is 6.61 Å². The molecule has 0 aromatic heterocycles. The maximum atomic E-state index is 5.94. The third kappa shape index (κ3) is 4.19. The van der Waals surface area contributed by atoms with Crippen molar-refractivity contribution in [2.75, 3.05) is 6.61 Å². The van der Waals surface area contributed by atoms with Crippen molar-refractivity contribution in [2.45, 2.75) is 46.3 Å². The standard InChI is InChI=1S/C16H24O2/c1-6-12-17-16(5,7-2)18-15-10-8-14(9-11-15)13(3)4/h8-11H,3,6-7,12H2,1-2,4-5H3. The molecule has 100 valence electrons. The van der Waals surface area contributed by atoms with Gasteiger partial charge in [-0.15, -0.1) is 0 Å². The molecule has 0 spiro atoms. The van der Waals surface area contributed by atoms with Crippen LogP contribution in [-0.2, 0) is 4.74 Å². The zero-order valence-corrected chi connectivity index (χ0v) is 12.0. The molecule has 2 nitrogen and oxygen atoms in total. The monoisotopic (exact) mass is 248 g/mol. The van der Waals surface area contributed by atoms with Gasteiger partial charge in [-0.3, -0.25) is 0 Å². The predicted molar refractivity (Wildman–Crippen MR) is 76.7 cm³/mol. The molecule has 0 saturated heterocycles. The van der Waals surface area contributed by atoms with Crippen molar-refractivity contribution >= 4 is 5.57 Å². The van der Waals surface area contributed by atoms with Gasteiger partial charge >= 0.3 is 0 Å². The maximum absolute atomic E-state index is 5.94. The third-order valence-corrected chi connectivity index (χ3v) is 2.93. The van der Waals surface area contributed by atoms with Crippen LogP contribution >= 0.6 is 0 Å². The van der Waals surface area contributed by atoms with Crippen molar-refractivity contribution < 1.29 is 9.47 Å². The Morgan fingerprint density at radius 2 is 1.83 bits per heavy atom. The zero-order chi connectivity index (χ0) is 13.6. The van der Waals surface area contributed by atoms with Crippen LogP contribution in [0, 0.1) is 0 Å². The lowest BCUT2D eigenvalue weighted by molar-refractivity contribution is -0.171. The van der Waals surface area contributed by atoms with E-state index in [1.54, 1.807) is 0 Å². The summed E-state index contributed by atoms with van der Waals surface area (Å²) in [4.78, 5) is 0. The zero-order valence-electron chi connectivity index (χ0n) is 12.0. The van der Waals surface area contributed by atoms with Crippen LogP contribution in [0.5, 0.6) is 5.75 Å². The Morgan fingerprint density at radius 1 is 1.22 bits per heavy atom. The molecule has 0 heterocycles. The lowest BCUT2D eigenvalue weighted by Crippen LogP contribution is -2.35. The highest BCUT2D eigenvalue weighted by molar-refractivity contribution is 5.61. The summed E-state index contributed by atoms with van der Waals surface area (Å²) < 4.78 is 11.7. The fourth-order valence-corrected chi connectivity index (χ4v) is 1.58. The number of hydrogen-bond acceptors (Lipinski definition) is 2. The molecule has 0 aliphatic carbocycles. The van der Waals surface area contributed by atoms with Gasteiger partial charge < -0.3 is 9.47 Å². The van der Waals surface area contributed by atoms with Crippen molar-refractivity contribution in [1.82, 2.24) is 0 Å². The van der Waals surface area contributed by atoms with E-state index in [9.17, 15) is 0 Å².